The van der Waals surface area contributed by atoms with Gasteiger partial charge in [-0.05, 0) is 42.7 Å². The third-order valence-electron chi connectivity index (χ3n) is 6.14. The Morgan fingerprint density at radius 2 is 1.86 bits per heavy atom. The molecule has 1 aliphatic heterocycles. The van der Waals surface area contributed by atoms with E-state index in [-0.39, 0.29) is 5.25 Å². The minimum atomic E-state index is 0.276. The molecule has 1 aliphatic carbocycles. The van der Waals surface area contributed by atoms with E-state index in [9.17, 15) is 0 Å². The average Bonchev–Trinajstić information content (AvgIpc) is 2.65. The van der Waals surface area contributed by atoms with Gasteiger partial charge in [-0.2, -0.15) is 12.6 Å². The normalized spacial score (nSPS) is 26.8. The molecule has 0 radical (unpaired) electrons. The Morgan fingerprint density at radius 1 is 1.14 bits per heavy atom. The van der Waals surface area contributed by atoms with Crippen LogP contribution >= 0.6 is 12.6 Å². The zero-order chi connectivity index (χ0) is 20.1. The molecular formula is C23H38N2O2S. The molecule has 0 bridgehead atoms. The lowest BCUT2D eigenvalue weighted by Gasteiger charge is -2.39. The summed E-state index contributed by atoms with van der Waals surface area (Å²) in [6.07, 6.45) is 4.08. The van der Waals surface area contributed by atoms with Crippen molar-refractivity contribution < 1.29 is 9.47 Å². The molecule has 0 aromatic heterocycles. The number of rotatable bonds is 7. The first kappa shape index (κ1) is 21.8. The van der Waals surface area contributed by atoms with E-state index in [2.05, 4.69) is 42.7 Å². The molecule has 158 valence electrons. The van der Waals surface area contributed by atoms with Gasteiger partial charge in [0, 0.05) is 38.0 Å². The van der Waals surface area contributed by atoms with Gasteiger partial charge in [-0.25, -0.2) is 0 Å². The molecule has 1 heterocycles. The number of benzene rings is 1. The number of ether oxygens (including phenoxy) is 2. The first-order valence-corrected chi connectivity index (χ1v) is 11.3. The minimum Gasteiger partial charge on any atom is -0.495 e. The van der Waals surface area contributed by atoms with Gasteiger partial charge in [0.05, 0.1) is 25.5 Å². The van der Waals surface area contributed by atoms with E-state index in [4.69, 9.17) is 22.1 Å². The van der Waals surface area contributed by atoms with Crippen LogP contribution in [0.25, 0.3) is 0 Å². The summed E-state index contributed by atoms with van der Waals surface area (Å²) in [5.41, 5.74) is 1.60. The molecule has 2 aliphatic rings. The van der Waals surface area contributed by atoms with Crippen molar-refractivity contribution in [3.63, 3.8) is 0 Å². The molecule has 0 N–H and O–H groups in total. The number of piperazine rings is 1. The highest BCUT2D eigenvalue weighted by Gasteiger charge is 2.32. The summed E-state index contributed by atoms with van der Waals surface area (Å²) in [6.45, 7) is 13.0. The predicted molar refractivity (Wildman–Crippen MR) is 121 cm³/mol. The van der Waals surface area contributed by atoms with Crippen LogP contribution in [0.4, 0.5) is 5.69 Å². The van der Waals surface area contributed by atoms with Crippen LogP contribution < -0.4 is 9.64 Å². The van der Waals surface area contributed by atoms with Gasteiger partial charge in [0.25, 0.3) is 0 Å². The van der Waals surface area contributed by atoms with Gasteiger partial charge in [-0.1, -0.05) is 32.9 Å². The summed E-state index contributed by atoms with van der Waals surface area (Å²) in [5, 5.41) is 0.276. The molecule has 4 nitrogen and oxygen atoms in total. The largest absolute Gasteiger partial charge is 0.495 e. The Bertz CT molecular complexity index is 616. The quantitative estimate of drug-likeness (QED) is 0.681. The predicted octanol–water partition coefficient (Wildman–Crippen LogP) is 4.35. The topological polar surface area (TPSA) is 24.9 Å². The van der Waals surface area contributed by atoms with Gasteiger partial charge in [-0.3, -0.25) is 4.90 Å². The third kappa shape index (κ3) is 6.04. The molecule has 1 saturated carbocycles. The molecule has 2 fully saturated rings. The van der Waals surface area contributed by atoms with E-state index >= 15 is 0 Å². The third-order valence-corrected chi connectivity index (χ3v) is 6.45. The lowest BCUT2D eigenvalue weighted by molar-refractivity contribution is -0.0237. The second-order valence-corrected chi connectivity index (χ2v) is 10.2. The average molecular weight is 407 g/mol. The van der Waals surface area contributed by atoms with Crippen LogP contribution in [0.2, 0.25) is 0 Å². The number of methoxy groups -OCH3 is 1. The standard InChI is InChI=1S/C23H38N2O2S/c1-18-13-19(15-23(2,3)14-18)27-17-20(28)16-24-9-11-25(12-10-24)21-7-5-6-8-22(21)26-4/h5-8,18-20,28H,9-17H2,1-4H3/t18-,19+,20+/m0/s1. The maximum absolute atomic E-state index is 6.28. The van der Waals surface area contributed by atoms with Crippen LogP contribution in [-0.4, -0.2) is 62.7 Å². The SMILES string of the molecule is COc1ccccc1N1CCN(C[C@@H](S)CO[C@@H]2C[C@H](C)CC(C)(C)C2)CC1. The van der Waals surface area contributed by atoms with Crippen LogP contribution in [0.1, 0.15) is 40.0 Å². The molecule has 1 saturated heterocycles. The molecule has 3 atom stereocenters. The summed E-state index contributed by atoms with van der Waals surface area (Å²) in [4.78, 5) is 4.94. The highest BCUT2D eigenvalue weighted by Crippen LogP contribution is 2.39. The van der Waals surface area contributed by atoms with Crippen molar-refractivity contribution in [3.05, 3.63) is 24.3 Å². The van der Waals surface area contributed by atoms with Gasteiger partial charge in [0.1, 0.15) is 5.75 Å². The zero-order valence-corrected chi connectivity index (χ0v) is 19.0. The zero-order valence-electron chi connectivity index (χ0n) is 18.1. The van der Waals surface area contributed by atoms with Crippen molar-refractivity contribution in [1.29, 1.82) is 0 Å². The van der Waals surface area contributed by atoms with Crippen molar-refractivity contribution in [3.8, 4) is 5.75 Å². The van der Waals surface area contributed by atoms with Crippen molar-refractivity contribution in [1.82, 2.24) is 4.90 Å². The highest BCUT2D eigenvalue weighted by molar-refractivity contribution is 7.81. The Labute approximate surface area is 177 Å². The molecule has 3 rings (SSSR count). The molecular weight excluding hydrogens is 368 g/mol. The van der Waals surface area contributed by atoms with Gasteiger partial charge < -0.3 is 14.4 Å². The van der Waals surface area contributed by atoms with Crippen molar-refractivity contribution in [2.24, 2.45) is 11.3 Å². The smallest absolute Gasteiger partial charge is 0.142 e. The molecule has 1 aromatic rings. The second-order valence-electron chi connectivity index (χ2n) is 9.48. The van der Waals surface area contributed by atoms with E-state index in [1.54, 1.807) is 7.11 Å². The van der Waals surface area contributed by atoms with Gasteiger partial charge in [-0.15, -0.1) is 0 Å². The monoisotopic (exact) mass is 406 g/mol. The number of hydrogen-bond donors (Lipinski definition) is 1. The van der Waals surface area contributed by atoms with Gasteiger partial charge >= 0.3 is 0 Å². The Hall–Kier alpha value is -0.910. The van der Waals surface area contributed by atoms with Crippen molar-refractivity contribution in [2.75, 3.05) is 51.3 Å². The summed E-state index contributed by atoms with van der Waals surface area (Å²) in [6, 6.07) is 8.30. The van der Waals surface area contributed by atoms with Gasteiger partial charge in [0.2, 0.25) is 0 Å². The summed E-state index contributed by atoms with van der Waals surface area (Å²) in [7, 11) is 1.74. The first-order valence-electron chi connectivity index (χ1n) is 10.8. The highest BCUT2D eigenvalue weighted by atomic mass is 32.1. The van der Waals surface area contributed by atoms with E-state index in [1.807, 2.05) is 12.1 Å². The van der Waals surface area contributed by atoms with E-state index in [0.717, 1.165) is 51.0 Å². The number of thiol groups is 1. The second kappa shape index (κ2) is 9.73. The van der Waals surface area contributed by atoms with Crippen molar-refractivity contribution in [2.45, 2.75) is 51.4 Å². The summed E-state index contributed by atoms with van der Waals surface area (Å²) >= 11 is 4.83. The Kier molecular flexibility index (Phi) is 7.57. The van der Waals surface area contributed by atoms with E-state index in [0.29, 0.717) is 11.5 Å². The number of hydrogen-bond acceptors (Lipinski definition) is 5. The number of para-hydroxylation sites is 2. The first-order chi connectivity index (χ1) is 13.4. The maximum Gasteiger partial charge on any atom is 0.142 e. The van der Waals surface area contributed by atoms with Gasteiger partial charge in [0.15, 0.2) is 0 Å². The number of nitrogens with zero attached hydrogens (tertiary/aromatic N) is 2. The van der Waals surface area contributed by atoms with Crippen molar-refractivity contribution >= 4 is 18.3 Å². The van der Waals surface area contributed by atoms with Crippen LogP contribution in [0.5, 0.6) is 5.75 Å². The lowest BCUT2D eigenvalue weighted by Crippen LogP contribution is -2.48. The molecule has 1 aromatic carbocycles. The van der Waals surface area contributed by atoms with E-state index < -0.39 is 0 Å². The fourth-order valence-corrected chi connectivity index (χ4v) is 5.36. The molecule has 0 spiro atoms. The fourth-order valence-electron chi connectivity index (χ4n) is 5.05. The Balaban J connectivity index is 1.41. The molecule has 28 heavy (non-hydrogen) atoms. The molecule has 5 heteroatoms. The lowest BCUT2D eigenvalue weighted by atomic mass is 9.71. The molecule has 0 unspecified atom stereocenters. The molecule has 0 amide bonds. The Morgan fingerprint density at radius 3 is 2.54 bits per heavy atom. The maximum atomic E-state index is 6.28. The van der Waals surface area contributed by atoms with E-state index in [1.165, 1.54) is 24.9 Å². The van der Waals surface area contributed by atoms with Crippen LogP contribution in [0, 0.1) is 11.3 Å². The fraction of sp³-hybridized carbons (Fsp3) is 0.739. The minimum absolute atomic E-state index is 0.276. The van der Waals surface area contributed by atoms with Crippen LogP contribution in [0.3, 0.4) is 0 Å². The summed E-state index contributed by atoms with van der Waals surface area (Å²) < 4.78 is 11.8. The summed E-state index contributed by atoms with van der Waals surface area (Å²) in [5.74, 6) is 1.72. The van der Waals surface area contributed by atoms with Crippen LogP contribution in [0.15, 0.2) is 24.3 Å². The van der Waals surface area contributed by atoms with Crippen LogP contribution in [-0.2, 0) is 4.74 Å². The number of anilines is 1.